The highest BCUT2D eigenvalue weighted by molar-refractivity contribution is 7.89. The molecule has 27 heavy (non-hydrogen) atoms. The summed E-state index contributed by atoms with van der Waals surface area (Å²) < 4.78 is 27.9. The van der Waals surface area contributed by atoms with Gasteiger partial charge in [0.15, 0.2) is 0 Å². The average molecular weight is 385 g/mol. The van der Waals surface area contributed by atoms with Crippen molar-refractivity contribution >= 4 is 21.6 Å². The van der Waals surface area contributed by atoms with E-state index in [0.29, 0.717) is 13.0 Å². The lowest BCUT2D eigenvalue weighted by molar-refractivity contribution is -0.117. The number of anilines is 1. The summed E-state index contributed by atoms with van der Waals surface area (Å²) in [7, 11) is -1.94. The summed E-state index contributed by atoms with van der Waals surface area (Å²) in [5, 5.41) is 0. The molecule has 1 fully saturated rings. The monoisotopic (exact) mass is 384 g/mol. The first-order chi connectivity index (χ1) is 13.0. The van der Waals surface area contributed by atoms with Gasteiger partial charge in [0.1, 0.15) is 0 Å². The van der Waals surface area contributed by atoms with Crippen molar-refractivity contribution in [2.24, 2.45) is 0 Å². The Kier molecular flexibility index (Phi) is 4.78. The molecule has 0 aromatic heterocycles. The van der Waals surface area contributed by atoms with Crippen molar-refractivity contribution in [2.75, 3.05) is 18.5 Å². The minimum atomic E-state index is -3.61. The Morgan fingerprint density at radius 2 is 1.74 bits per heavy atom. The molecule has 1 aliphatic carbocycles. The van der Waals surface area contributed by atoms with E-state index in [1.54, 1.807) is 36.2 Å². The third-order valence-electron chi connectivity index (χ3n) is 5.68. The number of rotatable bonds is 4. The predicted octanol–water partition coefficient (Wildman–Crippen LogP) is 3.51. The maximum atomic E-state index is 13.2. The van der Waals surface area contributed by atoms with Crippen LogP contribution in [0.1, 0.15) is 42.9 Å². The Morgan fingerprint density at radius 3 is 2.44 bits per heavy atom. The average Bonchev–Trinajstić information content (AvgIpc) is 3.13. The SMILES string of the molecule is CN([C@H]1CCCc2ccccc21)S(=O)(=O)c1ccc(N2CCCC2=O)cc1. The fourth-order valence-corrected chi connectivity index (χ4v) is 5.53. The Morgan fingerprint density at radius 1 is 1.00 bits per heavy atom. The fourth-order valence-electron chi connectivity index (χ4n) is 4.16. The van der Waals surface area contributed by atoms with Gasteiger partial charge in [0.2, 0.25) is 15.9 Å². The summed E-state index contributed by atoms with van der Waals surface area (Å²) in [5.74, 6) is 0.0986. The molecule has 0 N–H and O–H groups in total. The molecular formula is C21H24N2O3S. The van der Waals surface area contributed by atoms with Crippen LogP contribution in [0.25, 0.3) is 0 Å². The van der Waals surface area contributed by atoms with E-state index in [0.717, 1.165) is 36.9 Å². The number of hydrogen-bond donors (Lipinski definition) is 0. The first-order valence-corrected chi connectivity index (χ1v) is 10.9. The number of amides is 1. The van der Waals surface area contributed by atoms with Crippen LogP contribution in [0.2, 0.25) is 0 Å². The quantitative estimate of drug-likeness (QED) is 0.810. The highest BCUT2D eigenvalue weighted by Crippen LogP contribution is 2.36. The van der Waals surface area contributed by atoms with Crippen LogP contribution in [0, 0.1) is 0 Å². The van der Waals surface area contributed by atoms with Gasteiger partial charge in [-0.2, -0.15) is 4.31 Å². The Hall–Kier alpha value is -2.18. The molecule has 4 rings (SSSR count). The number of hydrogen-bond acceptors (Lipinski definition) is 3. The molecular weight excluding hydrogens is 360 g/mol. The molecule has 0 spiro atoms. The number of aryl methyl sites for hydroxylation is 1. The Labute approximate surface area is 160 Å². The number of carbonyl (C=O) groups is 1. The van der Waals surface area contributed by atoms with E-state index in [1.807, 2.05) is 18.2 Å². The van der Waals surface area contributed by atoms with E-state index < -0.39 is 10.0 Å². The second-order valence-electron chi connectivity index (χ2n) is 7.27. The van der Waals surface area contributed by atoms with Crippen molar-refractivity contribution in [3.63, 3.8) is 0 Å². The summed E-state index contributed by atoms with van der Waals surface area (Å²) in [6, 6.07) is 14.7. The highest BCUT2D eigenvalue weighted by atomic mass is 32.2. The standard InChI is InChI=1S/C21H24N2O3S/c1-22(20-9-4-7-16-6-2-3-8-19(16)20)27(25,26)18-13-11-17(12-14-18)23-15-5-10-21(23)24/h2-3,6,8,11-14,20H,4-5,7,9-10,15H2,1H3/t20-/m0/s1. The van der Waals surface area contributed by atoms with Crippen molar-refractivity contribution in [3.05, 3.63) is 59.7 Å². The number of benzene rings is 2. The van der Waals surface area contributed by atoms with E-state index in [-0.39, 0.29) is 16.8 Å². The molecule has 5 nitrogen and oxygen atoms in total. The molecule has 0 saturated carbocycles. The topological polar surface area (TPSA) is 57.7 Å². The lowest BCUT2D eigenvalue weighted by Crippen LogP contribution is -2.33. The van der Waals surface area contributed by atoms with Crippen LogP contribution in [0.4, 0.5) is 5.69 Å². The molecule has 2 aliphatic rings. The van der Waals surface area contributed by atoms with Gasteiger partial charge in [0.25, 0.3) is 0 Å². The van der Waals surface area contributed by atoms with Gasteiger partial charge in [-0.25, -0.2) is 8.42 Å². The fraction of sp³-hybridized carbons (Fsp3) is 0.381. The third-order valence-corrected chi connectivity index (χ3v) is 7.56. The van der Waals surface area contributed by atoms with Gasteiger partial charge in [0, 0.05) is 31.7 Å². The van der Waals surface area contributed by atoms with Gasteiger partial charge in [-0.05, 0) is 61.1 Å². The third kappa shape index (κ3) is 3.28. The van der Waals surface area contributed by atoms with Crippen LogP contribution in [-0.2, 0) is 21.2 Å². The predicted molar refractivity (Wildman–Crippen MR) is 105 cm³/mol. The van der Waals surface area contributed by atoms with Gasteiger partial charge in [-0.3, -0.25) is 4.79 Å². The minimum Gasteiger partial charge on any atom is -0.312 e. The van der Waals surface area contributed by atoms with Crippen molar-refractivity contribution in [1.29, 1.82) is 0 Å². The maximum Gasteiger partial charge on any atom is 0.243 e. The van der Waals surface area contributed by atoms with Gasteiger partial charge in [0.05, 0.1) is 4.90 Å². The van der Waals surface area contributed by atoms with Gasteiger partial charge in [-0.1, -0.05) is 24.3 Å². The highest BCUT2D eigenvalue weighted by Gasteiger charge is 2.32. The van der Waals surface area contributed by atoms with Crippen LogP contribution in [-0.4, -0.2) is 32.2 Å². The summed E-state index contributed by atoms with van der Waals surface area (Å²) in [5.41, 5.74) is 3.11. The van der Waals surface area contributed by atoms with Crippen molar-refractivity contribution < 1.29 is 13.2 Å². The van der Waals surface area contributed by atoms with Crippen LogP contribution in [0.15, 0.2) is 53.4 Å². The zero-order valence-electron chi connectivity index (χ0n) is 15.5. The zero-order chi connectivity index (χ0) is 19.0. The van der Waals surface area contributed by atoms with Crippen molar-refractivity contribution in [3.8, 4) is 0 Å². The van der Waals surface area contributed by atoms with E-state index in [9.17, 15) is 13.2 Å². The van der Waals surface area contributed by atoms with Crippen LogP contribution < -0.4 is 4.90 Å². The van der Waals surface area contributed by atoms with Gasteiger partial charge >= 0.3 is 0 Å². The molecule has 6 heteroatoms. The lowest BCUT2D eigenvalue weighted by atomic mass is 9.88. The van der Waals surface area contributed by atoms with Crippen LogP contribution in [0.3, 0.4) is 0 Å². The van der Waals surface area contributed by atoms with E-state index >= 15 is 0 Å². The molecule has 1 aliphatic heterocycles. The minimum absolute atomic E-state index is 0.0986. The van der Waals surface area contributed by atoms with E-state index in [4.69, 9.17) is 0 Å². The molecule has 2 aromatic rings. The molecule has 2 aromatic carbocycles. The van der Waals surface area contributed by atoms with Crippen molar-refractivity contribution in [2.45, 2.75) is 43.0 Å². The molecule has 0 radical (unpaired) electrons. The summed E-state index contributed by atoms with van der Waals surface area (Å²) in [6.45, 7) is 0.698. The van der Waals surface area contributed by atoms with Gasteiger partial charge in [-0.15, -0.1) is 0 Å². The lowest BCUT2D eigenvalue weighted by Gasteiger charge is -2.32. The van der Waals surface area contributed by atoms with Crippen LogP contribution in [0.5, 0.6) is 0 Å². The van der Waals surface area contributed by atoms with Crippen molar-refractivity contribution in [1.82, 2.24) is 4.31 Å². The molecule has 1 heterocycles. The number of fused-ring (bicyclic) bond motifs is 1. The molecule has 1 saturated heterocycles. The molecule has 0 bridgehead atoms. The molecule has 1 amide bonds. The maximum absolute atomic E-state index is 13.2. The first-order valence-electron chi connectivity index (χ1n) is 9.45. The normalized spacial score (nSPS) is 20.1. The molecule has 0 unspecified atom stereocenters. The summed E-state index contributed by atoms with van der Waals surface area (Å²) >= 11 is 0. The number of sulfonamides is 1. The Bertz CT molecular complexity index is 954. The second-order valence-corrected chi connectivity index (χ2v) is 9.27. The molecule has 1 atom stereocenters. The zero-order valence-corrected chi connectivity index (χ0v) is 16.3. The second kappa shape index (κ2) is 7.09. The largest absolute Gasteiger partial charge is 0.312 e. The van der Waals surface area contributed by atoms with Gasteiger partial charge < -0.3 is 4.90 Å². The Balaban J connectivity index is 1.61. The smallest absolute Gasteiger partial charge is 0.243 e. The molecule has 142 valence electrons. The first kappa shape index (κ1) is 18.2. The summed E-state index contributed by atoms with van der Waals surface area (Å²) in [6.07, 6.45) is 4.22. The van der Waals surface area contributed by atoms with Crippen LogP contribution >= 0.6 is 0 Å². The van der Waals surface area contributed by atoms with E-state index in [1.165, 1.54) is 9.87 Å². The number of carbonyl (C=O) groups excluding carboxylic acids is 1. The van der Waals surface area contributed by atoms with E-state index in [2.05, 4.69) is 6.07 Å². The number of nitrogens with zero attached hydrogens (tertiary/aromatic N) is 2. The summed E-state index contributed by atoms with van der Waals surface area (Å²) in [4.78, 5) is 13.9.